The number of hydrogen-bond acceptors (Lipinski definition) is 3. The van der Waals surface area contributed by atoms with Gasteiger partial charge in [-0.2, -0.15) is 5.26 Å². The molecule has 0 aromatic heterocycles. The van der Waals surface area contributed by atoms with Crippen molar-refractivity contribution in [2.75, 3.05) is 19.8 Å². The number of nitriles is 1. The van der Waals surface area contributed by atoms with E-state index in [9.17, 15) is 4.79 Å². The van der Waals surface area contributed by atoms with Crippen molar-refractivity contribution in [2.45, 2.75) is 39.5 Å². The standard InChI is InChI=1S/C13H22N2O2/c1-13(2,11-5-8-17-9-6-11)10-15-12(16)4-3-7-14/h11H,3-6,8-10H2,1-2H3,(H,15,16). The zero-order chi connectivity index (χ0) is 12.7. The van der Waals surface area contributed by atoms with Gasteiger partial charge >= 0.3 is 0 Å². The summed E-state index contributed by atoms with van der Waals surface area (Å²) in [5, 5.41) is 11.3. The monoisotopic (exact) mass is 238 g/mol. The van der Waals surface area contributed by atoms with Gasteiger partial charge < -0.3 is 10.1 Å². The minimum absolute atomic E-state index is 0.0216. The van der Waals surface area contributed by atoms with Crippen molar-refractivity contribution in [1.82, 2.24) is 5.32 Å². The van der Waals surface area contributed by atoms with Gasteiger partial charge in [0.2, 0.25) is 5.91 Å². The van der Waals surface area contributed by atoms with Crippen LogP contribution in [0.3, 0.4) is 0 Å². The molecule has 0 aromatic carbocycles. The second kappa shape index (κ2) is 6.61. The van der Waals surface area contributed by atoms with Crippen LogP contribution in [0.25, 0.3) is 0 Å². The van der Waals surface area contributed by atoms with Crippen LogP contribution in [0.2, 0.25) is 0 Å². The summed E-state index contributed by atoms with van der Waals surface area (Å²) >= 11 is 0. The van der Waals surface area contributed by atoms with Gasteiger partial charge in [-0.3, -0.25) is 4.79 Å². The number of rotatable bonds is 5. The molecule has 0 spiro atoms. The molecule has 1 aliphatic heterocycles. The third-order valence-electron chi connectivity index (χ3n) is 3.53. The van der Waals surface area contributed by atoms with Gasteiger partial charge in [0.25, 0.3) is 0 Å². The van der Waals surface area contributed by atoms with Crippen molar-refractivity contribution in [2.24, 2.45) is 11.3 Å². The zero-order valence-electron chi connectivity index (χ0n) is 10.8. The van der Waals surface area contributed by atoms with E-state index in [1.165, 1.54) is 0 Å². The minimum Gasteiger partial charge on any atom is -0.381 e. The fraction of sp³-hybridized carbons (Fsp3) is 0.846. The lowest BCUT2D eigenvalue weighted by molar-refractivity contribution is -0.121. The summed E-state index contributed by atoms with van der Waals surface area (Å²) in [7, 11) is 0. The van der Waals surface area contributed by atoms with Crippen LogP contribution in [-0.2, 0) is 9.53 Å². The highest BCUT2D eigenvalue weighted by Crippen LogP contribution is 2.33. The largest absolute Gasteiger partial charge is 0.381 e. The molecule has 1 rings (SSSR count). The van der Waals surface area contributed by atoms with E-state index in [0.29, 0.717) is 25.3 Å². The SMILES string of the molecule is CC(C)(CNC(=O)CCC#N)C1CCOCC1. The number of nitrogens with one attached hydrogen (secondary N) is 1. The summed E-state index contributed by atoms with van der Waals surface area (Å²) in [6, 6.07) is 1.98. The maximum Gasteiger partial charge on any atom is 0.221 e. The van der Waals surface area contributed by atoms with Crippen LogP contribution >= 0.6 is 0 Å². The van der Waals surface area contributed by atoms with Gasteiger partial charge in [-0.05, 0) is 24.2 Å². The molecule has 1 N–H and O–H groups in total. The Bertz CT molecular complexity index is 288. The normalized spacial score (nSPS) is 17.5. The number of nitrogens with zero attached hydrogens (tertiary/aromatic N) is 1. The van der Waals surface area contributed by atoms with Gasteiger partial charge in [-0.1, -0.05) is 13.8 Å². The van der Waals surface area contributed by atoms with Crippen LogP contribution in [0.1, 0.15) is 39.5 Å². The quantitative estimate of drug-likeness (QED) is 0.795. The molecule has 17 heavy (non-hydrogen) atoms. The molecule has 4 heteroatoms. The number of ether oxygens (including phenoxy) is 1. The average Bonchev–Trinajstić information content (AvgIpc) is 2.35. The third-order valence-corrected chi connectivity index (χ3v) is 3.53. The molecule has 0 atom stereocenters. The molecule has 0 unspecified atom stereocenters. The molecule has 0 radical (unpaired) electrons. The van der Waals surface area contributed by atoms with Crippen LogP contribution in [0.5, 0.6) is 0 Å². The van der Waals surface area contributed by atoms with E-state index >= 15 is 0 Å². The average molecular weight is 238 g/mol. The molecule has 1 amide bonds. The van der Waals surface area contributed by atoms with Crippen LogP contribution < -0.4 is 5.32 Å². The Kier molecular flexibility index (Phi) is 5.43. The number of carbonyl (C=O) groups excluding carboxylic acids is 1. The van der Waals surface area contributed by atoms with Crippen molar-refractivity contribution >= 4 is 5.91 Å². The van der Waals surface area contributed by atoms with Crippen LogP contribution in [-0.4, -0.2) is 25.7 Å². The lowest BCUT2D eigenvalue weighted by atomic mass is 9.74. The summed E-state index contributed by atoms with van der Waals surface area (Å²) in [5.41, 5.74) is 0.103. The van der Waals surface area contributed by atoms with E-state index in [0.717, 1.165) is 26.1 Å². The Morgan fingerprint density at radius 3 is 2.71 bits per heavy atom. The van der Waals surface area contributed by atoms with E-state index in [1.54, 1.807) is 0 Å². The molecule has 0 saturated carbocycles. The van der Waals surface area contributed by atoms with Crippen molar-refractivity contribution in [3.63, 3.8) is 0 Å². The molecule has 1 fully saturated rings. The number of carbonyl (C=O) groups is 1. The van der Waals surface area contributed by atoms with E-state index in [2.05, 4.69) is 19.2 Å². The number of amides is 1. The van der Waals surface area contributed by atoms with E-state index in [-0.39, 0.29) is 11.3 Å². The van der Waals surface area contributed by atoms with Crippen molar-refractivity contribution in [3.8, 4) is 6.07 Å². The van der Waals surface area contributed by atoms with E-state index in [1.807, 2.05) is 6.07 Å². The summed E-state index contributed by atoms with van der Waals surface area (Å²) < 4.78 is 5.35. The van der Waals surface area contributed by atoms with Gasteiger partial charge in [0.15, 0.2) is 0 Å². The van der Waals surface area contributed by atoms with Gasteiger partial charge in [-0.15, -0.1) is 0 Å². The predicted octanol–water partition coefficient (Wildman–Crippen LogP) is 1.86. The summed E-state index contributed by atoms with van der Waals surface area (Å²) in [6.45, 7) is 6.72. The van der Waals surface area contributed by atoms with Gasteiger partial charge in [-0.25, -0.2) is 0 Å². The Hall–Kier alpha value is -1.08. The molecule has 0 aromatic rings. The Balaban J connectivity index is 2.32. The van der Waals surface area contributed by atoms with Crippen molar-refractivity contribution in [3.05, 3.63) is 0 Å². The Morgan fingerprint density at radius 2 is 2.12 bits per heavy atom. The highest BCUT2D eigenvalue weighted by Gasteiger charge is 2.31. The molecule has 4 nitrogen and oxygen atoms in total. The summed E-state index contributed by atoms with van der Waals surface area (Å²) in [5.74, 6) is 0.583. The molecule has 1 heterocycles. The first-order valence-corrected chi connectivity index (χ1v) is 6.27. The summed E-state index contributed by atoms with van der Waals surface area (Å²) in [6.07, 6.45) is 2.74. The molecular weight excluding hydrogens is 216 g/mol. The molecule has 1 aliphatic rings. The van der Waals surface area contributed by atoms with Crippen molar-refractivity contribution in [1.29, 1.82) is 5.26 Å². The fourth-order valence-electron chi connectivity index (χ4n) is 2.21. The molecule has 0 aliphatic carbocycles. The second-order valence-electron chi connectivity index (χ2n) is 5.31. The van der Waals surface area contributed by atoms with Crippen LogP contribution in [0.15, 0.2) is 0 Å². The van der Waals surface area contributed by atoms with Gasteiger partial charge in [0, 0.05) is 32.6 Å². The summed E-state index contributed by atoms with van der Waals surface area (Å²) in [4.78, 5) is 11.4. The minimum atomic E-state index is -0.0216. The van der Waals surface area contributed by atoms with Crippen molar-refractivity contribution < 1.29 is 9.53 Å². The Labute approximate surface area is 103 Å². The second-order valence-corrected chi connectivity index (χ2v) is 5.31. The molecule has 96 valence electrons. The highest BCUT2D eigenvalue weighted by atomic mass is 16.5. The van der Waals surface area contributed by atoms with Gasteiger partial charge in [0.05, 0.1) is 6.07 Å². The predicted molar refractivity (Wildman–Crippen MR) is 65.2 cm³/mol. The highest BCUT2D eigenvalue weighted by molar-refractivity contribution is 5.76. The molecule has 1 saturated heterocycles. The first kappa shape index (κ1) is 14.0. The molecular formula is C13H22N2O2. The van der Waals surface area contributed by atoms with E-state index in [4.69, 9.17) is 10.00 Å². The maximum atomic E-state index is 11.4. The van der Waals surface area contributed by atoms with E-state index < -0.39 is 0 Å². The van der Waals surface area contributed by atoms with Crippen LogP contribution in [0, 0.1) is 22.7 Å². The smallest absolute Gasteiger partial charge is 0.221 e. The zero-order valence-corrected chi connectivity index (χ0v) is 10.8. The third kappa shape index (κ3) is 4.74. The molecule has 0 bridgehead atoms. The van der Waals surface area contributed by atoms with Gasteiger partial charge in [0.1, 0.15) is 0 Å². The first-order chi connectivity index (χ1) is 8.06. The first-order valence-electron chi connectivity index (χ1n) is 6.27. The maximum absolute atomic E-state index is 11.4. The fourth-order valence-corrected chi connectivity index (χ4v) is 2.21. The Morgan fingerprint density at radius 1 is 1.47 bits per heavy atom. The lowest BCUT2D eigenvalue weighted by Crippen LogP contribution is -2.40. The van der Waals surface area contributed by atoms with Crippen LogP contribution in [0.4, 0.5) is 0 Å². The lowest BCUT2D eigenvalue weighted by Gasteiger charge is -2.37. The number of hydrogen-bond donors (Lipinski definition) is 1. The topological polar surface area (TPSA) is 62.1 Å².